The van der Waals surface area contributed by atoms with Crippen LogP contribution in [0.5, 0.6) is 0 Å². The number of rotatable bonds is 6. The second-order valence-corrected chi connectivity index (χ2v) is 8.37. The van der Waals surface area contributed by atoms with Crippen LogP contribution in [0.25, 0.3) is 0 Å². The van der Waals surface area contributed by atoms with Crippen LogP contribution < -0.4 is 4.90 Å². The van der Waals surface area contributed by atoms with Gasteiger partial charge in [0.2, 0.25) is 17.6 Å². The molecule has 2 aromatic rings. The van der Waals surface area contributed by atoms with Gasteiger partial charge in [-0.2, -0.15) is 0 Å². The van der Waals surface area contributed by atoms with Gasteiger partial charge in [0.15, 0.2) is 6.61 Å². The second kappa shape index (κ2) is 7.77. The Kier molecular flexibility index (Phi) is 4.88. The number of nitrogens with zero attached hydrogens (tertiary/aromatic N) is 2. The van der Waals surface area contributed by atoms with E-state index in [1.807, 2.05) is 12.2 Å². The predicted octanol–water partition coefficient (Wildman–Crippen LogP) is 2.95. The van der Waals surface area contributed by atoms with E-state index in [0.717, 1.165) is 12.5 Å². The van der Waals surface area contributed by atoms with Gasteiger partial charge in [-0.3, -0.25) is 29.4 Å². The van der Waals surface area contributed by atoms with Gasteiger partial charge in [0.25, 0.3) is 5.69 Å². The molecular formula is C24H18N2O7. The van der Waals surface area contributed by atoms with Crippen LogP contribution in [0.15, 0.2) is 60.7 Å². The summed E-state index contributed by atoms with van der Waals surface area (Å²) in [5.74, 6) is -2.16. The van der Waals surface area contributed by atoms with Gasteiger partial charge in [0.1, 0.15) is 0 Å². The maximum atomic E-state index is 12.9. The molecule has 0 unspecified atom stereocenters. The smallest absolute Gasteiger partial charge is 0.338 e. The number of hydrogen-bond donors (Lipinski definition) is 0. The predicted molar refractivity (Wildman–Crippen MR) is 114 cm³/mol. The number of imide groups is 1. The van der Waals surface area contributed by atoms with E-state index in [9.17, 15) is 29.3 Å². The highest BCUT2D eigenvalue weighted by molar-refractivity contribution is 6.22. The number of non-ortho nitro benzene ring substituents is 1. The van der Waals surface area contributed by atoms with E-state index in [1.165, 1.54) is 47.4 Å². The monoisotopic (exact) mass is 446 g/mol. The summed E-state index contributed by atoms with van der Waals surface area (Å²) in [5, 5.41) is 10.8. The van der Waals surface area contributed by atoms with E-state index in [0.29, 0.717) is 5.69 Å². The molecule has 4 atom stereocenters. The molecule has 166 valence electrons. The van der Waals surface area contributed by atoms with Crippen LogP contribution in [0.2, 0.25) is 0 Å². The fourth-order valence-electron chi connectivity index (χ4n) is 4.99. The summed E-state index contributed by atoms with van der Waals surface area (Å²) >= 11 is 0. The van der Waals surface area contributed by atoms with Crippen molar-refractivity contribution in [2.75, 3.05) is 11.5 Å². The molecule has 9 heteroatoms. The van der Waals surface area contributed by atoms with Crippen molar-refractivity contribution in [2.24, 2.45) is 23.7 Å². The van der Waals surface area contributed by atoms with E-state index in [4.69, 9.17) is 4.74 Å². The van der Waals surface area contributed by atoms with Gasteiger partial charge < -0.3 is 4.74 Å². The number of carbonyl (C=O) groups is 4. The minimum atomic E-state index is -0.765. The Bertz CT molecular complexity index is 1200. The standard InChI is InChI=1S/C24H18N2O7/c27-19(14-2-1-3-18(11-14)26(31)32)12-33-24(30)13-6-8-17(9-7-13)25-22(28)20-15-4-5-16(10-15)21(20)23(25)29/h1-9,11,15-16,20-21H,10,12H2/t15-,16+,20-,21+. The summed E-state index contributed by atoms with van der Waals surface area (Å²) in [7, 11) is 0. The van der Waals surface area contributed by atoms with E-state index in [2.05, 4.69) is 0 Å². The van der Waals surface area contributed by atoms with Crippen LogP contribution in [0.1, 0.15) is 27.1 Å². The number of hydrogen-bond acceptors (Lipinski definition) is 7. The first-order valence-electron chi connectivity index (χ1n) is 10.5. The zero-order valence-electron chi connectivity index (χ0n) is 17.2. The van der Waals surface area contributed by atoms with Gasteiger partial charge >= 0.3 is 5.97 Å². The number of fused-ring (bicyclic) bond motifs is 5. The molecule has 2 bridgehead atoms. The lowest BCUT2D eigenvalue weighted by Gasteiger charge is -2.17. The van der Waals surface area contributed by atoms with E-state index < -0.39 is 23.3 Å². The summed E-state index contributed by atoms with van der Waals surface area (Å²) in [6, 6.07) is 11.0. The van der Waals surface area contributed by atoms with Crippen molar-refractivity contribution < 1.29 is 28.8 Å². The molecular weight excluding hydrogens is 428 g/mol. The maximum Gasteiger partial charge on any atom is 0.338 e. The quantitative estimate of drug-likeness (QED) is 0.167. The first-order valence-corrected chi connectivity index (χ1v) is 10.5. The summed E-state index contributed by atoms with van der Waals surface area (Å²) in [6.07, 6.45) is 4.89. The van der Waals surface area contributed by atoms with Gasteiger partial charge in [-0.05, 0) is 42.5 Å². The summed E-state index contributed by atoms with van der Waals surface area (Å²) in [4.78, 5) is 61.7. The number of ketones is 1. The number of anilines is 1. The average molecular weight is 446 g/mol. The summed E-state index contributed by atoms with van der Waals surface area (Å²) in [5.41, 5.74) is 0.365. The molecule has 0 aromatic heterocycles. The molecule has 2 fully saturated rings. The molecule has 0 N–H and O–H groups in total. The number of ether oxygens (including phenoxy) is 1. The number of allylic oxidation sites excluding steroid dienone is 2. The number of carbonyl (C=O) groups excluding carboxylic acids is 4. The lowest BCUT2D eigenvalue weighted by atomic mass is 9.85. The topological polar surface area (TPSA) is 124 Å². The minimum absolute atomic E-state index is 0.0624. The Labute approximate surface area is 187 Å². The molecule has 1 saturated heterocycles. The second-order valence-electron chi connectivity index (χ2n) is 8.37. The third-order valence-corrected chi connectivity index (χ3v) is 6.54. The van der Waals surface area contributed by atoms with Gasteiger partial charge in [0, 0.05) is 17.7 Å². The molecule has 1 saturated carbocycles. The third-order valence-electron chi connectivity index (χ3n) is 6.54. The number of Topliss-reactive ketones (excluding diaryl/α,β-unsaturated/α-hetero) is 1. The van der Waals surface area contributed by atoms with Crippen molar-refractivity contribution >= 4 is 34.9 Å². The number of nitro groups is 1. The van der Waals surface area contributed by atoms with Crippen molar-refractivity contribution in [2.45, 2.75) is 6.42 Å². The normalized spacial score (nSPS) is 24.8. The third kappa shape index (κ3) is 3.42. The lowest BCUT2D eigenvalue weighted by Crippen LogP contribution is -2.32. The number of benzene rings is 2. The minimum Gasteiger partial charge on any atom is -0.454 e. The number of esters is 1. The van der Waals surface area contributed by atoms with E-state index in [-0.39, 0.29) is 52.3 Å². The highest BCUT2D eigenvalue weighted by Gasteiger charge is 2.59. The molecule has 33 heavy (non-hydrogen) atoms. The molecule has 5 rings (SSSR count). The van der Waals surface area contributed by atoms with Gasteiger partial charge in [-0.15, -0.1) is 0 Å². The van der Waals surface area contributed by atoms with Crippen LogP contribution in [0.3, 0.4) is 0 Å². The first kappa shape index (κ1) is 20.7. The molecule has 9 nitrogen and oxygen atoms in total. The maximum absolute atomic E-state index is 12.9. The summed E-state index contributed by atoms with van der Waals surface area (Å²) in [6.45, 7) is -0.579. The zero-order valence-corrected chi connectivity index (χ0v) is 17.2. The van der Waals surface area contributed by atoms with Crippen molar-refractivity contribution in [1.29, 1.82) is 0 Å². The Morgan fingerprint density at radius 2 is 1.61 bits per heavy atom. The first-order chi connectivity index (χ1) is 15.8. The fraction of sp³-hybridized carbons (Fsp3) is 0.250. The van der Waals surface area contributed by atoms with Crippen LogP contribution >= 0.6 is 0 Å². The molecule has 2 amide bonds. The van der Waals surface area contributed by atoms with Crippen molar-refractivity contribution in [1.82, 2.24) is 0 Å². The number of amides is 2. The molecule has 2 aliphatic carbocycles. The SMILES string of the molecule is O=C(COC(=O)c1ccc(N2C(=O)[C@@H]3[C@H](C2=O)[C@@H]2C=C[C@H]3C2)cc1)c1cccc([N+](=O)[O-])c1. The number of nitro benzene ring substituents is 1. The molecule has 2 aromatic carbocycles. The summed E-state index contributed by atoms with van der Waals surface area (Å²) < 4.78 is 5.04. The van der Waals surface area contributed by atoms with Crippen molar-refractivity contribution in [3.8, 4) is 0 Å². The van der Waals surface area contributed by atoms with Crippen molar-refractivity contribution in [3.63, 3.8) is 0 Å². The molecule has 1 aliphatic heterocycles. The lowest BCUT2D eigenvalue weighted by molar-refractivity contribution is -0.384. The van der Waals surface area contributed by atoms with Crippen LogP contribution in [-0.2, 0) is 14.3 Å². The molecule has 0 radical (unpaired) electrons. The van der Waals surface area contributed by atoms with Crippen LogP contribution in [0, 0.1) is 33.8 Å². The van der Waals surface area contributed by atoms with Gasteiger partial charge in [-0.1, -0.05) is 24.3 Å². The Balaban J connectivity index is 1.24. The Hall–Kier alpha value is -4.14. The van der Waals surface area contributed by atoms with Crippen LogP contribution in [0.4, 0.5) is 11.4 Å². The van der Waals surface area contributed by atoms with Gasteiger partial charge in [-0.25, -0.2) is 4.79 Å². The van der Waals surface area contributed by atoms with E-state index >= 15 is 0 Å². The largest absolute Gasteiger partial charge is 0.454 e. The molecule has 3 aliphatic rings. The highest BCUT2D eigenvalue weighted by atomic mass is 16.6. The van der Waals surface area contributed by atoms with E-state index in [1.54, 1.807) is 0 Å². The Morgan fingerprint density at radius 3 is 2.21 bits per heavy atom. The van der Waals surface area contributed by atoms with Gasteiger partial charge in [0.05, 0.1) is 28.0 Å². The fourth-order valence-corrected chi connectivity index (χ4v) is 4.99. The van der Waals surface area contributed by atoms with Crippen LogP contribution in [-0.4, -0.2) is 35.1 Å². The molecule has 1 heterocycles. The Morgan fingerprint density at radius 1 is 0.970 bits per heavy atom. The zero-order chi connectivity index (χ0) is 23.3. The average Bonchev–Trinajstić information content (AvgIpc) is 3.51. The van der Waals surface area contributed by atoms with Crippen molar-refractivity contribution in [3.05, 3.63) is 81.9 Å². The highest BCUT2D eigenvalue weighted by Crippen LogP contribution is 2.53. The molecule has 0 spiro atoms.